The minimum Gasteiger partial charge on any atom is -0.361 e. The zero-order chi connectivity index (χ0) is 17.1. The third-order valence-electron chi connectivity index (χ3n) is 2.83. The second-order valence-electron chi connectivity index (χ2n) is 4.69. The van der Waals surface area contributed by atoms with E-state index in [1.807, 2.05) is 0 Å². The van der Waals surface area contributed by atoms with Gasteiger partial charge in [-0.25, -0.2) is 8.78 Å². The zero-order valence-electron chi connectivity index (χ0n) is 12.2. The van der Waals surface area contributed by atoms with E-state index in [-0.39, 0.29) is 5.69 Å². The van der Waals surface area contributed by atoms with Crippen LogP contribution in [0.5, 0.6) is 0 Å². The Morgan fingerprint density at radius 3 is 2.83 bits per heavy atom. The van der Waals surface area contributed by atoms with Crippen molar-refractivity contribution in [1.82, 2.24) is 15.4 Å². The highest BCUT2D eigenvalue weighted by molar-refractivity contribution is 8.00. The number of nitrogens with zero attached hydrogens (tertiary/aromatic N) is 3. The van der Waals surface area contributed by atoms with Crippen molar-refractivity contribution in [3.8, 4) is 0 Å². The average Bonchev–Trinajstić information content (AvgIpc) is 3.17. The lowest BCUT2D eigenvalue weighted by molar-refractivity contribution is 0.101. The predicted octanol–water partition coefficient (Wildman–Crippen LogP) is 3.66. The zero-order valence-corrected chi connectivity index (χ0v) is 13.9. The van der Waals surface area contributed by atoms with Crippen LogP contribution in [0.2, 0.25) is 0 Å². The number of aromatic nitrogens is 3. The monoisotopic (exact) mass is 368 g/mol. The summed E-state index contributed by atoms with van der Waals surface area (Å²) in [7, 11) is 0. The Morgan fingerprint density at radius 2 is 2.12 bits per heavy atom. The number of thioether (sulfide) groups is 1. The maximum atomic E-state index is 13.1. The van der Waals surface area contributed by atoms with Gasteiger partial charge in [0.1, 0.15) is 5.76 Å². The maximum absolute atomic E-state index is 13.1. The smallest absolute Gasteiger partial charge is 0.279 e. The topological polar surface area (TPSA) is 80.9 Å². The summed E-state index contributed by atoms with van der Waals surface area (Å²) in [5.41, 5.74) is 0.774. The Kier molecular flexibility index (Phi) is 4.86. The quantitative estimate of drug-likeness (QED) is 0.547. The van der Waals surface area contributed by atoms with Crippen LogP contribution in [-0.2, 0) is 5.75 Å². The van der Waals surface area contributed by atoms with Crippen molar-refractivity contribution in [2.45, 2.75) is 17.0 Å². The lowest BCUT2D eigenvalue weighted by Gasteiger charge is -1.99. The van der Waals surface area contributed by atoms with Gasteiger partial charge in [0, 0.05) is 11.8 Å². The van der Waals surface area contributed by atoms with Crippen molar-refractivity contribution >= 4 is 34.1 Å². The first kappa shape index (κ1) is 16.5. The van der Waals surface area contributed by atoms with E-state index in [0.717, 1.165) is 12.1 Å². The van der Waals surface area contributed by atoms with E-state index in [1.165, 1.54) is 35.2 Å². The standard InChI is InChI=1S/C14H10F2N4O2S2/c1-7-4-11(20-22-7)12(21)17-13-18-19-14(24-13)23-6-8-2-3-9(15)10(16)5-8/h2-5H,6H2,1H3,(H,17,18,21). The third kappa shape index (κ3) is 3.95. The summed E-state index contributed by atoms with van der Waals surface area (Å²) in [5, 5.41) is 14.3. The summed E-state index contributed by atoms with van der Waals surface area (Å²) in [6.45, 7) is 1.68. The summed E-state index contributed by atoms with van der Waals surface area (Å²) >= 11 is 2.48. The van der Waals surface area contributed by atoms with E-state index in [2.05, 4.69) is 20.7 Å². The molecule has 2 aromatic heterocycles. The number of hydrogen-bond acceptors (Lipinski definition) is 7. The summed E-state index contributed by atoms with van der Waals surface area (Å²) in [6, 6.07) is 5.23. The van der Waals surface area contributed by atoms with Gasteiger partial charge in [-0.2, -0.15) is 0 Å². The molecule has 0 fully saturated rings. The Labute approximate surface area is 143 Å². The highest BCUT2D eigenvalue weighted by atomic mass is 32.2. The van der Waals surface area contributed by atoms with Gasteiger partial charge < -0.3 is 4.52 Å². The highest BCUT2D eigenvalue weighted by Gasteiger charge is 2.14. The van der Waals surface area contributed by atoms with Crippen molar-refractivity contribution in [2.24, 2.45) is 0 Å². The van der Waals surface area contributed by atoms with Crippen LogP contribution >= 0.6 is 23.1 Å². The van der Waals surface area contributed by atoms with Crippen molar-refractivity contribution < 1.29 is 18.1 Å². The molecule has 0 aliphatic heterocycles. The van der Waals surface area contributed by atoms with Gasteiger partial charge in [-0.3, -0.25) is 10.1 Å². The molecular weight excluding hydrogens is 358 g/mol. The molecule has 0 saturated heterocycles. The normalized spacial score (nSPS) is 10.8. The van der Waals surface area contributed by atoms with Gasteiger partial charge in [-0.05, 0) is 24.6 Å². The predicted molar refractivity (Wildman–Crippen MR) is 85.0 cm³/mol. The Balaban J connectivity index is 1.59. The largest absolute Gasteiger partial charge is 0.361 e. The number of halogens is 2. The Hall–Kier alpha value is -2.33. The van der Waals surface area contributed by atoms with Crippen LogP contribution in [0.1, 0.15) is 21.8 Å². The molecule has 3 rings (SSSR count). The number of aryl methyl sites for hydroxylation is 1. The SMILES string of the molecule is Cc1cc(C(=O)Nc2nnc(SCc3ccc(F)c(F)c3)s2)no1. The van der Waals surface area contributed by atoms with E-state index >= 15 is 0 Å². The molecule has 0 unspecified atom stereocenters. The van der Waals surface area contributed by atoms with E-state index in [1.54, 1.807) is 6.92 Å². The van der Waals surface area contributed by atoms with Gasteiger partial charge in [-0.1, -0.05) is 34.3 Å². The lowest BCUT2D eigenvalue weighted by atomic mass is 10.2. The van der Waals surface area contributed by atoms with Gasteiger partial charge >= 0.3 is 0 Å². The fourth-order valence-electron chi connectivity index (χ4n) is 1.73. The second-order valence-corrected chi connectivity index (χ2v) is 6.89. The molecule has 24 heavy (non-hydrogen) atoms. The van der Waals surface area contributed by atoms with Gasteiger partial charge in [0.2, 0.25) is 5.13 Å². The molecule has 124 valence electrons. The fourth-order valence-corrected chi connectivity index (χ4v) is 3.42. The molecule has 10 heteroatoms. The molecule has 2 heterocycles. The molecule has 3 aromatic rings. The van der Waals surface area contributed by atoms with Crippen LogP contribution in [0.4, 0.5) is 13.9 Å². The molecule has 1 amide bonds. The van der Waals surface area contributed by atoms with Crippen LogP contribution in [0.25, 0.3) is 0 Å². The van der Waals surface area contributed by atoms with E-state index in [4.69, 9.17) is 4.52 Å². The van der Waals surface area contributed by atoms with Crippen molar-refractivity contribution in [1.29, 1.82) is 0 Å². The first-order valence-electron chi connectivity index (χ1n) is 6.66. The Bertz CT molecular complexity index is 881. The van der Waals surface area contributed by atoms with E-state index in [9.17, 15) is 13.6 Å². The molecule has 0 aliphatic rings. The van der Waals surface area contributed by atoms with Crippen LogP contribution in [0.15, 0.2) is 33.1 Å². The molecule has 0 saturated carbocycles. The fraction of sp³-hybridized carbons (Fsp3) is 0.143. The first-order valence-corrected chi connectivity index (χ1v) is 8.46. The van der Waals surface area contributed by atoms with Crippen LogP contribution in [0, 0.1) is 18.6 Å². The molecule has 0 spiro atoms. The van der Waals surface area contributed by atoms with Crippen molar-refractivity contribution in [3.63, 3.8) is 0 Å². The van der Waals surface area contributed by atoms with Gasteiger partial charge in [0.05, 0.1) is 0 Å². The second kappa shape index (κ2) is 7.05. The summed E-state index contributed by atoms with van der Waals surface area (Å²) in [4.78, 5) is 11.9. The molecule has 6 nitrogen and oxygen atoms in total. The minimum absolute atomic E-state index is 0.152. The molecule has 0 atom stereocenters. The minimum atomic E-state index is -0.888. The molecule has 0 aliphatic carbocycles. The third-order valence-corrected chi connectivity index (χ3v) is 4.88. The van der Waals surface area contributed by atoms with Gasteiger partial charge in [0.25, 0.3) is 5.91 Å². The average molecular weight is 368 g/mol. The Morgan fingerprint density at radius 1 is 1.29 bits per heavy atom. The summed E-state index contributed by atoms with van der Waals surface area (Å²) < 4.78 is 31.4. The number of hydrogen-bond donors (Lipinski definition) is 1. The maximum Gasteiger partial charge on any atom is 0.279 e. The van der Waals surface area contributed by atoms with E-state index in [0.29, 0.717) is 26.5 Å². The van der Waals surface area contributed by atoms with Gasteiger partial charge in [0.15, 0.2) is 21.7 Å². The molecule has 0 bridgehead atoms. The summed E-state index contributed by atoms with van der Waals surface area (Å²) in [5.74, 6) is -1.28. The number of amides is 1. The molecule has 1 aromatic carbocycles. The van der Waals surface area contributed by atoms with Crippen LogP contribution in [-0.4, -0.2) is 21.3 Å². The number of carbonyl (C=O) groups is 1. The molecule has 1 N–H and O–H groups in total. The van der Waals surface area contributed by atoms with Crippen molar-refractivity contribution in [2.75, 3.05) is 5.32 Å². The summed E-state index contributed by atoms with van der Waals surface area (Å²) in [6.07, 6.45) is 0. The number of benzene rings is 1. The lowest BCUT2D eigenvalue weighted by Crippen LogP contribution is -2.11. The van der Waals surface area contributed by atoms with E-state index < -0.39 is 17.5 Å². The van der Waals surface area contributed by atoms with Gasteiger partial charge in [-0.15, -0.1) is 10.2 Å². The van der Waals surface area contributed by atoms with Crippen molar-refractivity contribution in [3.05, 3.63) is 52.9 Å². The number of anilines is 1. The number of carbonyl (C=O) groups excluding carboxylic acids is 1. The molecular formula is C14H10F2N4O2S2. The highest BCUT2D eigenvalue weighted by Crippen LogP contribution is 2.28. The number of nitrogens with one attached hydrogen (secondary N) is 1. The van der Waals surface area contributed by atoms with Crippen LogP contribution in [0.3, 0.4) is 0 Å². The molecule has 0 radical (unpaired) electrons. The number of rotatable bonds is 5. The van der Waals surface area contributed by atoms with Crippen LogP contribution < -0.4 is 5.32 Å². The first-order chi connectivity index (χ1) is 11.5.